The first-order valence-corrected chi connectivity index (χ1v) is 10.7. The highest BCUT2D eigenvalue weighted by atomic mass is 32.1. The van der Waals surface area contributed by atoms with E-state index in [2.05, 4.69) is 5.32 Å². The van der Waals surface area contributed by atoms with Gasteiger partial charge >= 0.3 is 0 Å². The first-order valence-electron chi connectivity index (χ1n) is 9.93. The molecular formula is C22H26N2O4S. The molecule has 0 saturated heterocycles. The molecule has 2 amide bonds. The van der Waals surface area contributed by atoms with Crippen molar-refractivity contribution in [1.82, 2.24) is 4.90 Å². The quantitative estimate of drug-likeness (QED) is 0.702. The number of ether oxygens (including phenoxy) is 2. The van der Waals surface area contributed by atoms with E-state index in [1.807, 2.05) is 36.1 Å². The Morgan fingerprint density at radius 1 is 1.14 bits per heavy atom. The summed E-state index contributed by atoms with van der Waals surface area (Å²) in [7, 11) is 3.26. The van der Waals surface area contributed by atoms with E-state index >= 15 is 0 Å². The number of nitrogens with one attached hydrogen (secondary N) is 1. The third kappa shape index (κ3) is 4.40. The van der Waals surface area contributed by atoms with Crippen LogP contribution in [0.4, 0.5) is 5.00 Å². The van der Waals surface area contributed by atoms with E-state index in [0.717, 1.165) is 53.3 Å². The van der Waals surface area contributed by atoms with Crippen LogP contribution in [-0.2, 0) is 11.3 Å². The van der Waals surface area contributed by atoms with Crippen molar-refractivity contribution in [3.8, 4) is 11.5 Å². The normalized spacial score (nSPS) is 15.7. The van der Waals surface area contributed by atoms with Gasteiger partial charge in [0.15, 0.2) is 0 Å². The molecule has 2 aromatic rings. The molecule has 0 atom stereocenters. The summed E-state index contributed by atoms with van der Waals surface area (Å²) in [5.74, 6) is 1.68. The lowest BCUT2D eigenvalue weighted by molar-refractivity contribution is -0.117. The number of rotatable bonds is 8. The zero-order valence-corrected chi connectivity index (χ0v) is 17.8. The number of hydrogen-bond donors (Lipinski definition) is 1. The van der Waals surface area contributed by atoms with Gasteiger partial charge in [-0.05, 0) is 62.4 Å². The highest BCUT2D eigenvalue weighted by Gasteiger charge is 2.35. The molecule has 1 heterocycles. The van der Waals surface area contributed by atoms with Gasteiger partial charge in [-0.15, -0.1) is 11.3 Å². The fourth-order valence-electron chi connectivity index (χ4n) is 3.40. The van der Waals surface area contributed by atoms with Crippen molar-refractivity contribution in [1.29, 1.82) is 0 Å². The van der Waals surface area contributed by atoms with Gasteiger partial charge in [0.25, 0.3) is 5.91 Å². The van der Waals surface area contributed by atoms with Gasteiger partial charge in [-0.3, -0.25) is 9.59 Å². The summed E-state index contributed by atoms with van der Waals surface area (Å²) >= 11 is 1.36. The number of aryl methyl sites for hydroxylation is 1. The molecule has 0 bridgehead atoms. The molecule has 2 saturated carbocycles. The van der Waals surface area contributed by atoms with Crippen LogP contribution in [0.3, 0.4) is 0 Å². The Labute approximate surface area is 174 Å². The summed E-state index contributed by atoms with van der Waals surface area (Å²) < 4.78 is 10.8. The van der Waals surface area contributed by atoms with Crippen molar-refractivity contribution >= 4 is 28.2 Å². The number of amides is 2. The maximum Gasteiger partial charge on any atom is 0.264 e. The Morgan fingerprint density at radius 2 is 1.90 bits per heavy atom. The standard InChI is InChI=1S/C22H26N2O4S/c1-13-10-19(23-21(25)14-4-5-14)29-20(13)22(26)24(16-6-7-16)12-15-11-17(27-2)8-9-18(15)28-3/h8-11,14,16H,4-7,12H2,1-3H3,(H,23,25). The van der Waals surface area contributed by atoms with Crippen LogP contribution in [0.15, 0.2) is 24.3 Å². The minimum absolute atomic E-state index is 0.00629. The summed E-state index contributed by atoms with van der Waals surface area (Å²) in [5, 5.41) is 3.71. The fourth-order valence-corrected chi connectivity index (χ4v) is 4.43. The Bertz CT molecular complexity index is 931. The Hall–Kier alpha value is -2.54. The number of nitrogens with zero attached hydrogens (tertiary/aromatic N) is 1. The van der Waals surface area contributed by atoms with E-state index < -0.39 is 0 Å². The molecular weight excluding hydrogens is 388 g/mol. The summed E-state index contributed by atoms with van der Waals surface area (Å²) in [5.41, 5.74) is 1.82. The van der Waals surface area contributed by atoms with Gasteiger partial charge in [0.1, 0.15) is 11.5 Å². The highest BCUT2D eigenvalue weighted by Crippen LogP contribution is 2.37. The number of thiophene rings is 1. The van der Waals surface area contributed by atoms with Crippen LogP contribution in [-0.4, -0.2) is 37.0 Å². The third-order valence-electron chi connectivity index (χ3n) is 5.38. The van der Waals surface area contributed by atoms with Crippen LogP contribution < -0.4 is 14.8 Å². The van der Waals surface area contributed by atoms with Crippen molar-refractivity contribution in [2.45, 2.75) is 45.2 Å². The number of hydrogen-bond acceptors (Lipinski definition) is 5. The summed E-state index contributed by atoms with van der Waals surface area (Å²) in [6, 6.07) is 7.78. The molecule has 154 valence electrons. The first kappa shape index (κ1) is 19.8. The molecule has 0 unspecified atom stereocenters. The van der Waals surface area contributed by atoms with Gasteiger partial charge in [0.2, 0.25) is 5.91 Å². The number of carbonyl (C=O) groups is 2. The fraction of sp³-hybridized carbons (Fsp3) is 0.455. The second-order valence-electron chi connectivity index (χ2n) is 7.73. The smallest absolute Gasteiger partial charge is 0.264 e. The van der Waals surface area contributed by atoms with Gasteiger partial charge in [0.05, 0.1) is 30.6 Å². The molecule has 4 rings (SSSR count). The lowest BCUT2D eigenvalue weighted by atomic mass is 10.1. The van der Waals surface area contributed by atoms with Crippen LogP contribution in [0, 0.1) is 12.8 Å². The topological polar surface area (TPSA) is 67.9 Å². The SMILES string of the molecule is COc1ccc(OC)c(CN(C(=O)c2sc(NC(=O)C3CC3)cc2C)C2CC2)c1. The summed E-state index contributed by atoms with van der Waals surface area (Å²) in [6.07, 6.45) is 3.93. The molecule has 0 radical (unpaired) electrons. The largest absolute Gasteiger partial charge is 0.497 e. The Morgan fingerprint density at radius 3 is 2.52 bits per heavy atom. The molecule has 1 aromatic carbocycles. The summed E-state index contributed by atoms with van der Waals surface area (Å²) in [4.78, 5) is 28.1. The van der Waals surface area contributed by atoms with Crippen molar-refractivity contribution in [2.75, 3.05) is 19.5 Å². The maximum atomic E-state index is 13.4. The van der Waals surface area contributed by atoms with Crippen LogP contribution in [0.1, 0.15) is 46.5 Å². The highest BCUT2D eigenvalue weighted by molar-refractivity contribution is 7.18. The van der Waals surface area contributed by atoms with E-state index in [4.69, 9.17) is 9.47 Å². The number of anilines is 1. The van der Waals surface area contributed by atoms with Crippen molar-refractivity contribution in [2.24, 2.45) is 5.92 Å². The number of carbonyl (C=O) groups excluding carboxylic acids is 2. The molecule has 1 N–H and O–H groups in total. The van der Waals surface area contributed by atoms with Gasteiger partial charge in [0, 0.05) is 17.5 Å². The van der Waals surface area contributed by atoms with Crippen LogP contribution in [0.2, 0.25) is 0 Å². The molecule has 0 aliphatic heterocycles. The van der Waals surface area contributed by atoms with E-state index in [-0.39, 0.29) is 23.8 Å². The molecule has 0 spiro atoms. The average Bonchev–Trinajstić information content (AvgIpc) is 3.62. The van der Waals surface area contributed by atoms with Crippen LogP contribution in [0.5, 0.6) is 11.5 Å². The molecule has 6 nitrogen and oxygen atoms in total. The molecule has 7 heteroatoms. The van der Waals surface area contributed by atoms with Gasteiger partial charge < -0.3 is 19.7 Å². The number of benzene rings is 1. The number of methoxy groups -OCH3 is 2. The second kappa shape index (κ2) is 8.06. The maximum absolute atomic E-state index is 13.4. The molecule has 2 aliphatic carbocycles. The lowest BCUT2D eigenvalue weighted by Crippen LogP contribution is -2.32. The van der Waals surface area contributed by atoms with Crippen molar-refractivity contribution in [3.05, 3.63) is 40.3 Å². The van der Waals surface area contributed by atoms with Gasteiger partial charge in [-0.2, -0.15) is 0 Å². The molecule has 29 heavy (non-hydrogen) atoms. The lowest BCUT2D eigenvalue weighted by Gasteiger charge is -2.23. The van der Waals surface area contributed by atoms with E-state index in [1.165, 1.54) is 11.3 Å². The second-order valence-corrected chi connectivity index (χ2v) is 8.78. The molecule has 2 aliphatic rings. The Balaban J connectivity index is 1.56. The summed E-state index contributed by atoms with van der Waals surface area (Å²) in [6.45, 7) is 2.39. The third-order valence-corrected chi connectivity index (χ3v) is 6.52. The zero-order valence-electron chi connectivity index (χ0n) is 17.0. The Kier molecular flexibility index (Phi) is 5.50. The van der Waals surface area contributed by atoms with E-state index in [0.29, 0.717) is 11.4 Å². The molecule has 1 aromatic heterocycles. The van der Waals surface area contributed by atoms with Crippen LogP contribution >= 0.6 is 11.3 Å². The van der Waals surface area contributed by atoms with Crippen molar-refractivity contribution < 1.29 is 19.1 Å². The predicted molar refractivity (Wildman–Crippen MR) is 113 cm³/mol. The van der Waals surface area contributed by atoms with Crippen LogP contribution in [0.25, 0.3) is 0 Å². The first-order chi connectivity index (χ1) is 14.0. The monoisotopic (exact) mass is 414 g/mol. The van der Waals surface area contributed by atoms with E-state index in [9.17, 15) is 9.59 Å². The van der Waals surface area contributed by atoms with Gasteiger partial charge in [-0.1, -0.05) is 0 Å². The van der Waals surface area contributed by atoms with E-state index in [1.54, 1.807) is 14.2 Å². The van der Waals surface area contributed by atoms with Gasteiger partial charge in [-0.25, -0.2) is 0 Å². The zero-order chi connectivity index (χ0) is 20.5. The average molecular weight is 415 g/mol. The molecule has 2 fully saturated rings. The predicted octanol–water partition coefficient (Wildman–Crippen LogP) is 4.23. The minimum atomic E-state index is 0.00629. The van der Waals surface area contributed by atoms with Crippen molar-refractivity contribution in [3.63, 3.8) is 0 Å². The minimum Gasteiger partial charge on any atom is -0.497 e.